The Morgan fingerprint density at radius 3 is 2.37 bits per heavy atom. The van der Waals surface area contributed by atoms with Gasteiger partial charge in [-0.3, -0.25) is 9.79 Å². The van der Waals surface area contributed by atoms with Crippen LogP contribution in [0.25, 0.3) is 0 Å². The van der Waals surface area contributed by atoms with Gasteiger partial charge < -0.3 is 21.1 Å². The van der Waals surface area contributed by atoms with Crippen molar-refractivity contribution in [3.8, 4) is 5.75 Å². The van der Waals surface area contributed by atoms with Gasteiger partial charge in [0, 0.05) is 12.1 Å². The van der Waals surface area contributed by atoms with E-state index in [1.54, 1.807) is 30.3 Å². The molecule has 2 aromatic carbocycles. The molecule has 0 unspecified atom stereocenters. The maximum absolute atomic E-state index is 12.4. The highest BCUT2D eigenvalue weighted by Gasteiger charge is 2.32. The number of anilines is 1. The fraction of sp³-hybridized carbons (Fsp3) is 0.176. The maximum Gasteiger partial charge on any atom is 0.573 e. The van der Waals surface area contributed by atoms with Gasteiger partial charge in [-0.25, -0.2) is 0 Å². The van der Waals surface area contributed by atoms with Crippen molar-refractivity contribution in [3.05, 3.63) is 60.2 Å². The van der Waals surface area contributed by atoms with Crippen LogP contribution in [0.4, 0.5) is 18.9 Å². The number of ether oxygens (including phenoxy) is 1. The molecule has 0 atom stereocenters. The number of nitrogens with two attached hydrogens (primary N) is 1. The Bertz CT molecular complexity index is 770. The summed E-state index contributed by atoms with van der Waals surface area (Å²) in [5.41, 5.74) is 6.20. The standard InChI is InChI=1S/C17H17F3N4O2.HI/c18-17(19,20)26-14-9-5-4-8-13(14)24-16(21)23-11-10-22-15(25)12-6-2-1-3-7-12;/h1-9H,10-11H2,(H,22,25)(H3,21,23,24);1H. The number of hydrogen-bond acceptors (Lipinski definition) is 3. The van der Waals surface area contributed by atoms with Gasteiger partial charge in [0.1, 0.15) is 0 Å². The number of halogens is 4. The Hall–Kier alpha value is -2.50. The van der Waals surface area contributed by atoms with Crippen LogP contribution in [-0.2, 0) is 0 Å². The van der Waals surface area contributed by atoms with Crippen LogP contribution in [0.1, 0.15) is 10.4 Å². The molecule has 27 heavy (non-hydrogen) atoms. The van der Waals surface area contributed by atoms with E-state index >= 15 is 0 Å². The molecule has 0 saturated heterocycles. The summed E-state index contributed by atoms with van der Waals surface area (Å²) in [6.45, 7) is 0.372. The van der Waals surface area contributed by atoms with E-state index in [2.05, 4.69) is 20.4 Å². The summed E-state index contributed by atoms with van der Waals surface area (Å²) in [5, 5.41) is 5.20. The minimum atomic E-state index is -4.81. The number of nitrogens with zero attached hydrogens (tertiary/aromatic N) is 1. The first-order valence-electron chi connectivity index (χ1n) is 7.60. The van der Waals surface area contributed by atoms with E-state index in [0.717, 1.165) is 6.07 Å². The topological polar surface area (TPSA) is 88.7 Å². The number of alkyl halides is 3. The quantitative estimate of drug-likeness (QED) is 0.249. The smallest absolute Gasteiger partial charge is 0.404 e. The molecule has 6 nitrogen and oxygen atoms in total. The van der Waals surface area contributed by atoms with Gasteiger partial charge in [0.15, 0.2) is 11.7 Å². The molecule has 0 spiro atoms. The lowest BCUT2D eigenvalue weighted by atomic mass is 10.2. The van der Waals surface area contributed by atoms with Crippen molar-refractivity contribution >= 4 is 41.5 Å². The first-order chi connectivity index (χ1) is 12.3. The predicted molar refractivity (Wildman–Crippen MR) is 107 cm³/mol. The fourth-order valence-corrected chi connectivity index (χ4v) is 2.00. The number of carbonyl (C=O) groups excluding carboxylic acids is 1. The number of rotatable bonds is 6. The summed E-state index contributed by atoms with van der Waals surface area (Å²) < 4.78 is 41.0. The van der Waals surface area contributed by atoms with Gasteiger partial charge in [-0.15, -0.1) is 37.1 Å². The molecule has 2 rings (SSSR count). The van der Waals surface area contributed by atoms with Crippen LogP contribution in [0.3, 0.4) is 0 Å². The van der Waals surface area contributed by atoms with Crippen molar-refractivity contribution in [2.75, 3.05) is 18.4 Å². The Morgan fingerprint density at radius 1 is 1.07 bits per heavy atom. The minimum Gasteiger partial charge on any atom is -0.404 e. The summed E-state index contributed by atoms with van der Waals surface area (Å²) in [4.78, 5) is 15.8. The number of benzene rings is 2. The molecular weight excluding hydrogens is 476 g/mol. The van der Waals surface area contributed by atoms with Crippen LogP contribution in [0.15, 0.2) is 59.6 Å². The van der Waals surface area contributed by atoms with Crippen molar-refractivity contribution in [3.63, 3.8) is 0 Å². The van der Waals surface area contributed by atoms with E-state index in [9.17, 15) is 18.0 Å². The van der Waals surface area contributed by atoms with Crippen LogP contribution < -0.4 is 21.1 Å². The van der Waals surface area contributed by atoms with Gasteiger partial charge >= 0.3 is 6.36 Å². The molecule has 0 heterocycles. The number of amides is 1. The molecule has 0 aliphatic carbocycles. The Labute approximate surface area is 171 Å². The minimum absolute atomic E-state index is 0. The average Bonchev–Trinajstić information content (AvgIpc) is 2.60. The van der Waals surface area contributed by atoms with Crippen molar-refractivity contribution in [2.24, 2.45) is 10.7 Å². The maximum atomic E-state index is 12.4. The lowest BCUT2D eigenvalue weighted by molar-refractivity contribution is -0.274. The molecule has 0 bridgehead atoms. The van der Waals surface area contributed by atoms with Crippen molar-refractivity contribution in [1.82, 2.24) is 5.32 Å². The zero-order valence-corrected chi connectivity index (χ0v) is 16.3. The second kappa shape index (κ2) is 10.6. The number of nitrogens with one attached hydrogen (secondary N) is 2. The molecular formula is C17H18F3IN4O2. The third kappa shape index (κ3) is 8.15. The first kappa shape index (κ1) is 22.5. The molecule has 0 aromatic heterocycles. The Morgan fingerprint density at radius 2 is 1.70 bits per heavy atom. The van der Waals surface area contributed by atoms with Gasteiger partial charge in [0.25, 0.3) is 5.91 Å². The molecule has 2 aromatic rings. The molecule has 0 saturated carbocycles. The zero-order chi connectivity index (χ0) is 19.0. The van der Waals surface area contributed by atoms with Gasteiger partial charge in [-0.05, 0) is 24.3 Å². The van der Waals surface area contributed by atoms with Gasteiger partial charge in [0.05, 0.1) is 12.2 Å². The molecule has 0 fully saturated rings. The number of hydrogen-bond donors (Lipinski definition) is 3. The van der Waals surface area contributed by atoms with E-state index in [1.165, 1.54) is 18.2 Å². The Kier molecular flexibility index (Phi) is 8.85. The predicted octanol–water partition coefficient (Wildman–Crippen LogP) is 3.36. The SMILES string of the molecule is I.NC(=NCCNC(=O)c1ccccc1)Nc1ccccc1OC(F)(F)F. The highest BCUT2D eigenvalue weighted by Crippen LogP contribution is 2.29. The van der Waals surface area contributed by atoms with Gasteiger partial charge in [0.2, 0.25) is 0 Å². The highest BCUT2D eigenvalue weighted by molar-refractivity contribution is 14.0. The third-order valence-electron chi connectivity index (χ3n) is 3.09. The van der Waals surface area contributed by atoms with Crippen LogP contribution >= 0.6 is 24.0 Å². The van der Waals surface area contributed by atoms with E-state index in [0.29, 0.717) is 5.56 Å². The largest absolute Gasteiger partial charge is 0.573 e. The summed E-state index contributed by atoms with van der Waals surface area (Å²) in [6.07, 6.45) is -4.81. The van der Waals surface area contributed by atoms with Gasteiger partial charge in [-0.2, -0.15) is 0 Å². The molecule has 10 heteroatoms. The third-order valence-corrected chi connectivity index (χ3v) is 3.09. The number of guanidine groups is 1. The summed E-state index contributed by atoms with van der Waals surface area (Å²) in [6, 6.07) is 14.1. The lowest BCUT2D eigenvalue weighted by Gasteiger charge is -2.14. The average molecular weight is 494 g/mol. The molecule has 1 amide bonds. The van der Waals surface area contributed by atoms with E-state index in [-0.39, 0.29) is 54.6 Å². The second-order valence-electron chi connectivity index (χ2n) is 5.06. The van der Waals surface area contributed by atoms with E-state index in [4.69, 9.17) is 5.73 Å². The van der Waals surface area contributed by atoms with E-state index < -0.39 is 12.1 Å². The molecule has 0 radical (unpaired) electrons. The number of para-hydroxylation sites is 2. The first-order valence-corrected chi connectivity index (χ1v) is 7.60. The lowest BCUT2D eigenvalue weighted by Crippen LogP contribution is -2.28. The van der Waals surface area contributed by atoms with Crippen molar-refractivity contribution in [2.45, 2.75) is 6.36 Å². The molecule has 0 aliphatic rings. The monoisotopic (exact) mass is 494 g/mol. The van der Waals surface area contributed by atoms with Crippen molar-refractivity contribution < 1.29 is 22.7 Å². The van der Waals surface area contributed by atoms with E-state index in [1.807, 2.05) is 0 Å². The van der Waals surface area contributed by atoms with Crippen LogP contribution in [0, 0.1) is 0 Å². The van der Waals surface area contributed by atoms with Crippen molar-refractivity contribution in [1.29, 1.82) is 0 Å². The van der Waals surface area contributed by atoms with Crippen LogP contribution in [0.5, 0.6) is 5.75 Å². The molecule has 0 aliphatic heterocycles. The number of aliphatic imine (C=N–C) groups is 1. The molecule has 4 N–H and O–H groups in total. The van der Waals surface area contributed by atoms with Crippen LogP contribution in [0.2, 0.25) is 0 Å². The van der Waals surface area contributed by atoms with Crippen LogP contribution in [-0.4, -0.2) is 31.3 Å². The summed E-state index contributed by atoms with van der Waals surface area (Å²) in [5.74, 6) is -0.774. The summed E-state index contributed by atoms with van der Waals surface area (Å²) in [7, 11) is 0. The number of carbonyl (C=O) groups is 1. The van der Waals surface area contributed by atoms with Gasteiger partial charge in [-0.1, -0.05) is 30.3 Å². The fourth-order valence-electron chi connectivity index (χ4n) is 2.00. The zero-order valence-electron chi connectivity index (χ0n) is 14.0. The highest BCUT2D eigenvalue weighted by atomic mass is 127. The molecule has 146 valence electrons. The normalized spacial score (nSPS) is 11.3. The summed E-state index contributed by atoms with van der Waals surface area (Å²) >= 11 is 0. The Balaban J connectivity index is 0.00000364. The second-order valence-corrected chi connectivity index (χ2v) is 5.06.